The number of nitrogens with one attached hydrogen (secondary N) is 1. The Kier molecular flexibility index (Phi) is 5.83. The van der Waals surface area contributed by atoms with E-state index in [1.54, 1.807) is 6.92 Å². The minimum Gasteiger partial charge on any atom is -0.469 e. The van der Waals surface area contributed by atoms with Crippen molar-refractivity contribution in [2.45, 2.75) is 46.3 Å². The molecule has 0 aromatic rings. The maximum atomic E-state index is 11.4. The second-order valence-electron chi connectivity index (χ2n) is 4.74. The Morgan fingerprint density at radius 3 is 2.40 bits per heavy atom. The van der Waals surface area contributed by atoms with Crippen LogP contribution in [0, 0.1) is 5.41 Å². The van der Waals surface area contributed by atoms with Crippen LogP contribution in [0.15, 0.2) is 0 Å². The van der Waals surface area contributed by atoms with Crippen LogP contribution in [0.5, 0.6) is 0 Å². The van der Waals surface area contributed by atoms with E-state index >= 15 is 0 Å². The minimum absolute atomic E-state index is 0.189. The van der Waals surface area contributed by atoms with Crippen molar-refractivity contribution in [3.63, 3.8) is 0 Å². The van der Waals surface area contributed by atoms with Gasteiger partial charge in [-0.25, -0.2) is 0 Å². The molecular weight excluding hydrogens is 194 g/mol. The molecule has 0 saturated carbocycles. The van der Waals surface area contributed by atoms with Gasteiger partial charge in [0.05, 0.1) is 18.6 Å². The number of hydrogen-bond donors (Lipinski definition) is 2. The molecule has 0 saturated heterocycles. The lowest BCUT2D eigenvalue weighted by Gasteiger charge is -2.25. The Morgan fingerprint density at radius 1 is 1.47 bits per heavy atom. The van der Waals surface area contributed by atoms with E-state index in [4.69, 9.17) is 4.74 Å². The monoisotopic (exact) mass is 217 g/mol. The lowest BCUT2D eigenvalue weighted by atomic mass is 9.93. The fraction of sp³-hybridized carbons (Fsp3) is 0.909. The van der Waals surface area contributed by atoms with Crippen LogP contribution in [0.25, 0.3) is 0 Å². The number of ether oxygens (including phenoxy) is 1. The first-order valence-corrected chi connectivity index (χ1v) is 5.29. The molecule has 2 N–H and O–H groups in total. The van der Waals surface area contributed by atoms with Crippen LogP contribution in [-0.2, 0) is 9.53 Å². The summed E-state index contributed by atoms with van der Waals surface area (Å²) >= 11 is 0. The summed E-state index contributed by atoms with van der Waals surface area (Å²) in [6.45, 7) is 7.96. The highest BCUT2D eigenvalue weighted by Gasteiger charge is 2.28. The largest absolute Gasteiger partial charge is 0.469 e. The molecule has 4 nitrogen and oxygen atoms in total. The van der Waals surface area contributed by atoms with Crippen molar-refractivity contribution in [3.05, 3.63) is 0 Å². The summed E-state index contributed by atoms with van der Waals surface area (Å²) in [4.78, 5) is 11.4. The summed E-state index contributed by atoms with van der Waals surface area (Å²) in [5, 5.41) is 12.4. The molecule has 0 spiro atoms. The van der Waals surface area contributed by atoms with Gasteiger partial charge in [-0.1, -0.05) is 0 Å². The van der Waals surface area contributed by atoms with Crippen molar-refractivity contribution in [1.82, 2.24) is 5.32 Å². The van der Waals surface area contributed by atoms with Gasteiger partial charge in [0, 0.05) is 12.6 Å². The lowest BCUT2D eigenvalue weighted by Crippen LogP contribution is -2.41. The molecule has 2 atom stereocenters. The third-order valence-electron chi connectivity index (χ3n) is 2.33. The zero-order chi connectivity index (χ0) is 12.1. The maximum absolute atomic E-state index is 11.4. The highest BCUT2D eigenvalue weighted by molar-refractivity contribution is 5.76. The van der Waals surface area contributed by atoms with Crippen LogP contribution >= 0.6 is 0 Å². The molecule has 0 radical (unpaired) electrons. The third-order valence-corrected chi connectivity index (χ3v) is 2.33. The van der Waals surface area contributed by atoms with Crippen molar-refractivity contribution in [2.24, 2.45) is 5.41 Å². The highest BCUT2D eigenvalue weighted by atomic mass is 16.5. The summed E-state index contributed by atoms with van der Waals surface area (Å²) in [7, 11) is 1.39. The molecular formula is C11H23NO3. The number of rotatable bonds is 6. The number of aliphatic hydroxyl groups is 1. The van der Waals surface area contributed by atoms with Crippen LogP contribution in [-0.4, -0.2) is 36.9 Å². The Bertz CT molecular complexity index is 202. The molecule has 0 aliphatic heterocycles. The van der Waals surface area contributed by atoms with E-state index in [-0.39, 0.29) is 18.1 Å². The number of esters is 1. The van der Waals surface area contributed by atoms with E-state index in [0.717, 1.165) is 0 Å². The predicted molar refractivity (Wildman–Crippen MR) is 59.6 cm³/mol. The topological polar surface area (TPSA) is 58.6 Å². The second kappa shape index (κ2) is 6.08. The fourth-order valence-corrected chi connectivity index (χ4v) is 1.37. The van der Waals surface area contributed by atoms with Crippen molar-refractivity contribution in [3.8, 4) is 0 Å². The molecule has 0 bridgehead atoms. The van der Waals surface area contributed by atoms with Crippen LogP contribution in [0.2, 0.25) is 0 Å². The lowest BCUT2D eigenvalue weighted by molar-refractivity contribution is -0.150. The van der Waals surface area contributed by atoms with E-state index in [1.165, 1.54) is 7.11 Å². The first-order valence-electron chi connectivity index (χ1n) is 5.29. The molecule has 0 heterocycles. The van der Waals surface area contributed by atoms with Crippen molar-refractivity contribution in [1.29, 1.82) is 0 Å². The van der Waals surface area contributed by atoms with Gasteiger partial charge in [0.1, 0.15) is 0 Å². The average molecular weight is 217 g/mol. The van der Waals surface area contributed by atoms with Gasteiger partial charge in [0.25, 0.3) is 0 Å². The van der Waals surface area contributed by atoms with E-state index in [9.17, 15) is 9.90 Å². The maximum Gasteiger partial charge on any atom is 0.312 e. The molecule has 0 aliphatic rings. The van der Waals surface area contributed by atoms with Crippen LogP contribution < -0.4 is 5.32 Å². The summed E-state index contributed by atoms with van der Waals surface area (Å²) in [5.41, 5.74) is -0.526. The molecule has 4 heteroatoms. The van der Waals surface area contributed by atoms with E-state index in [2.05, 4.69) is 5.32 Å². The normalized spacial score (nSPS) is 15.9. The van der Waals surface area contributed by atoms with Crippen molar-refractivity contribution < 1.29 is 14.6 Å². The van der Waals surface area contributed by atoms with Gasteiger partial charge in [-0.3, -0.25) is 4.79 Å². The van der Waals surface area contributed by atoms with Gasteiger partial charge < -0.3 is 15.2 Å². The summed E-state index contributed by atoms with van der Waals surface area (Å²) in [5.74, 6) is -0.223. The third kappa shape index (κ3) is 5.74. The molecule has 2 unspecified atom stereocenters. The number of methoxy groups -OCH3 is 1. The second-order valence-corrected chi connectivity index (χ2v) is 4.74. The molecule has 0 fully saturated rings. The predicted octanol–water partition coefficient (Wildman–Crippen LogP) is 0.935. The van der Waals surface area contributed by atoms with Crippen molar-refractivity contribution in [2.75, 3.05) is 13.7 Å². The quantitative estimate of drug-likeness (QED) is 0.650. The molecule has 0 aromatic heterocycles. The standard InChI is InChI=1S/C11H23NO3/c1-8(6-9(2)13)12-7-11(3,4)10(14)15-5/h8-9,12-13H,6-7H2,1-5H3. The zero-order valence-electron chi connectivity index (χ0n) is 10.3. The van der Waals surface area contributed by atoms with Crippen LogP contribution in [0.1, 0.15) is 34.1 Å². The molecule has 90 valence electrons. The van der Waals surface area contributed by atoms with Gasteiger partial charge in [0.15, 0.2) is 0 Å². The first kappa shape index (κ1) is 14.4. The Labute approximate surface area is 92.0 Å². The Hall–Kier alpha value is -0.610. The Balaban J connectivity index is 3.98. The number of hydrogen-bond acceptors (Lipinski definition) is 4. The van der Waals surface area contributed by atoms with E-state index in [1.807, 2.05) is 20.8 Å². The molecule has 0 aliphatic carbocycles. The van der Waals surface area contributed by atoms with Gasteiger partial charge in [-0.2, -0.15) is 0 Å². The highest BCUT2D eigenvalue weighted by Crippen LogP contribution is 2.15. The smallest absolute Gasteiger partial charge is 0.312 e. The molecule has 15 heavy (non-hydrogen) atoms. The van der Waals surface area contributed by atoms with Crippen LogP contribution in [0.4, 0.5) is 0 Å². The van der Waals surface area contributed by atoms with Gasteiger partial charge in [-0.15, -0.1) is 0 Å². The van der Waals surface area contributed by atoms with Gasteiger partial charge in [-0.05, 0) is 34.1 Å². The fourth-order valence-electron chi connectivity index (χ4n) is 1.37. The number of aliphatic hydroxyl groups excluding tert-OH is 1. The average Bonchev–Trinajstić information content (AvgIpc) is 2.12. The van der Waals surface area contributed by atoms with Crippen LogP contribution in [0.3, 0.4) is 0 Å². The molecule has 0 rings (SSSR count). The summed E-state index contributed by atoms with van der Waals surface area (Å²) < 4.78 is 4.70. The molecule has 0 aromatic carbocycles. The van der Waals surface area contributed by atoms with E-state index in [0.29, 0.717) is 13.0 Å². The Morgan fingerprint density at radius 2 is 2.00 bits per heavy atom. The molecule has 0 amide bonds. The van der Waals surface area contributed by atoms with E-state index < -0.39 is 5.41 Å². The number of carbonyl (C=O) groups is 1. The summed E-state index contributed by atoms with van der Waals surface area (Å²) in [6.07, 6.45) is 0.353. The van der Waals surface area contributed by atoms with Gasteiger partial charge >= 0.3 is 5.97 Å². The minimum atomic E-state index is -0.526. The summed E-state index contributed by atoms with van der Waals surface area (Å²) in [6, 6.07) is 0.189. The SMILES string of the molecule is COC(=O)C(C)(C)CNC(C)CC(C)O. The zero-order valence-corrected chi connectivity index (χ0v) is 10.3. The first-order chi connectivity index (χ1) is 6.79. The van der Waals surface area contributed by atoms with Gasteiger partial charge in [0.2, 0.25) is 0 Å². The number of carbonyl (C=O) groups excluding carboxylic acids is 1. The van der Waals surface area contributed by atoms with Crippen molar-refractivity contribution >= 4 is 5.97 Å².